The number of nitrogens with two attached hydrogens (primary N) is 1. The van der Waals surface area contributed by atoms with Gasteiger partial charge in [-0.15, -0.1) is 0 Å². The molecule has 4 nitrogen and oxygen atoms in total. The minimum atomic E-state index is 0.356. The van der Waals surface area contributed by atoms with Gasteiger partial charge in [0.05, 0.1) is 6.04 Å². The lowest BCUT2D eigenvalue weighted by Gasteiger charge is -2.08. The number of ether oxygens (including phenoxy) is 1. The normalized spacial score (nSPS) is 16.0. The molecule has 16 heavy (non-hydrogen) atoms. The zero-order valence-corrected chi connectivity index (χ0v) is 9.57. The molecule has 0 atom stereocenters. The number of benzene rings is 1. The monoisotopic (exact) mass is 239 g/mol. The fraction of sp³-hybridized carbons (Fsp3) is 0.364. The van der Waals surface area contributed by atoms with Gasteiger partial charge in [0.15, 0.2) is 0 Å². The van der Waals surface area contributed by atoms with E-state index >= 15 is 0 Å². The van der Waals surface area contributed by atoms with Gasteiger partial charge in [0, 0.05) is 5.02 Å². The molecule has 1 aromatic rings. The van der Waals surface area contributed by atoms with Gasteiger partial charge in [0.1, 0.15) is 18.2 Å². The van der Waals surface area contributed by atoms with Crippen LogP contribution in [-0.2, 0) is 0 Å². The van der Waals surface area contributed by atoms with Gasteiger partial charge in [-0.25, -0.2) is 5.84 Å². The number of rotatable bonds is 4. The Hall–Kier alpha value is -1.26. The summed E-state index contributed by atoms with van der Waals surface area (Å²) in [6.45, 7) is 0.356. The van der Waals surface area contributed by atoms with Crippen molar-refractivity contribution in [3.05, 3.63) is 29.3 Å². The highest BCUT2D eigenvalue weighted by Gasteiger charge is 2.20. The zero-order chi connectivity index (χ0) is 11.4. The minimum Gasteiger partial charge on any atom is -0.486 e. The first-order valence-corrected chi connectivity index (χ1v) is 5.57. The van der Waals surface area contributed by atoms with E-state index in [1.165, 1.54) is 0 Å². The third-order valence-electron chi connectivity index (χ3n) is 2.24. The molecule has 0 bridgehead atoms. The molecule has 1 saturated carbocycles. The molecule has 2 rings (SSSR count). The maximum atomic E-state index is 5.77. The summed E-state index contributed by atoms with van der Waals surface area (Å²) in [6, 6.07) is 7.62. The summed E-state index contributed by atoms with van der Waals surface area (Å²) in [6.07, 6.45) is 2.29. The topological polar surface area (TPSA) is 59.6 Å². The summed E-state index contributed by atoms with van der Waals surface area (Å²) in [4.78, 5) is 4.37. The Morgan fingerprint density at radius 3 is 2.69 bits per heavy atom. The molecular weight excluding hydrogens is 226 g/mol. The second-order valence-electron chi connectivity index (χ2n) is 3.69. The van der Waals surface area contributed by atoms with E-state index in [0.717, 1.165) is 18.6 Å². The number of hydrogen-bond acceptors (Lipinski definition) is 3. The van der Waals surface area contributed by atoms with E-state index in [9.17, 15) is 0 Å². The molecule has 0 heterocycles. The number of nitrogens with one attached hydrogen (secondary N) is 1. The van der Waals surface area contributed by atoms with Gasteiger partial charge < -0.3 is 10.2 Å². The molecule has 0 amide bonds. The number of amidine groups is 1. The molecule has 86 valence electrons. The van der Waals surface area contributed by atoms with Gasteiger partial charge >= 0.3 is 0 Å². The van der Waals surface area contributed by atoms with Crippen LogP contribution in [0, 0.1) is 0 Å². The van der Waals surface area contributed by atoms with Crippen molar-refractivity contribution >= 4 is 17.4 Å². The molecule has 0 saturated heterocycles. The summed E-state index contributed by atoms with van der Waals surface area (Å²) < 4.78 is 5.51. The van der Waals surface area contributed by atoms with Crippen molar-refractivity contribution in [1.29, 1.82) is 0 Å². The number of hydrazine groups is 1. The van der Waals surface area contributed by atoms with Crippen molar-refractivity contribution < 1.29 is 4.74 Å². The van der Waals surface area contributed by atoms with Gasteiger partial charge in [-0.3, -0.25) is 4.99 Å². The Balaban J connectivity index is 1.87. The molecule has 0 unspecified atom stereocenters. The van der Waals surface area contributed by atoms with Crippen molar-refractivity contribution in [1.82, 2.24) is 5.43 Å². The van der Waals surface area contributed by atoms with E-state index in [1.807, 2.05) is 12.1 Å². The molecular formula is C11H14ClN3O. The van der Waals surface area contributed by atoms with Crippen LogP contribution >= 0.6 is 11.6 Å². The maximum Gasteiger partial charge on any atom is 0.149 e. The van der Waals surface area contributed by atoms with Gasteiger partial charge in [0.2, 0.25) is 0 Å². The van der Waals surface area contributed by atoms with Crippen LogP contribution < -0.4 is 16.0 Å². The lowest BCUT2D eigenvalue weighted by molar-refractivity contribution is 0.371. The van der Waals surface area contributed by atoms with Crippen molar-refractivity contribution in [2.75, 3.05) is 6.61 Å². The maximum absolute atomic E-state index is 5.77. The van der Waals surface area contributed by atoms with E-state index in [1.54, 1.807) is 12.1 Å². The fourth-order valence-electron chi connectivity index (χ4n) is 1.22. The first kappa shape index (κ1) is 11.2. The van der Waals surface area contributed by atoms with Crippen LogP contribution in [0.4, 0.5) is 0 Å². The zero-order valence-electron chi connectivity index (χ0n) is 8.82. The molecule has 0 spiro atoms. The SMILES string of the molecule is NNC(COc1ccc(Cl)cc1)=NC1CC1. The van der Waals surface area contributed by atoms with Crippen LogP contribution in [0.5, 0.6) is 5.75 Å². The standard InChI is InChI=1S/C11H14ClN3O/c12-8-1-5-10(6-2-8)16-7-11(15-13)14-9-3-4-9/h1-2,5-6,9H,3-4,7,13H2,(H,14,15). The molecule has 0 radical (unpaired) electrons. The molecule has 1 aliphatic rings. The highest BCUT2D eigenvalue weighted by molar-refractivity contribution is 6.30. The number of aliphatic imine (C=N–C) groups is 1. The number of nitrogens with zero attached hydrogens (tertiary/aromatic N) is 1. The summed E-state index contributed by atoms with van der Waals surface area (Å²) in [5, 5.41) is 0.691. The molecule has 0 aromatic heterocycles. The Morgan fingerprint density at radius 1 is 1.44 bits per heavy atom. The van der Waals surface area contributed by atoms with Crippen molar-refractivity contribution in [2.24, 2.45) is 10.8 Å². The van der Waals surface area contributed by atoms with Crippen molar-refractivity contribution in [3.63, 3.8) is 0 Å². The Labute approximate surface area is 99.4 Å². The van der Waals surface area contributed by atoms with E-state index in [-0.39, 0.29) is 0 Å². The highest BCUT2D eigenvalue weighted by atomic mass is 35.5. The van der Waals surface area contributed by atoms with Crippen molar-refractivity contribution in [3.8, 4) is 5.75 Å². The second kappa shape index (κ2) is 5.18. The van der Waals surface area contributed by atoms with Crippen LogP contribution in [0.3, 0.4) is 0 Å². The second-order valence-corrected chi connectivity index (χ2v) is 4.13. The summed E-state index contributed by atoms with van der Waals surface area (Å²) in [5.41, 5.74) is 2.55. The first-order chi connectivity index (χ1) is 7.78. The van der Waals surface area contributed by atoms with E-state index < -0.39 is 0 Å². The Kier molecular flexibility index (Phi) is 3.64. The fourth-order valence-corrected chi connectivity index (χ4v) is 1.35. The van der Waals surface area contributed by atoms with Gasteiger partial charge in [-0.1, -0.05) is 11.6 Å². The average Bonchev–Trinajstić information content (AvgIpc) is 3.10. The molecule has 1 aliphatic carbocycles. The first-order valence-electron chi connectivity index (χ1n) is 5.19. The summed E-state index contributed by atoms with van der Waals surface area (Å²) in [5.74, 6) is 6.79. The lowest BCUT2D eigenvalue weighted by atomic mass is 10.3. The number of halogens is 1. The molecule has 3 N–H and O–H groups in total. The van der Waals surface area contributed by atoms with E-state index in [4.69, 9.17) is 22.2 Å². The summed E-state index contributed by atoms with van der Waals surface area (Å²) in [7, 11) is 0. The average molecular weight is 240 g/mol. The quantitative estimate of drug-likeness (QED) is 0.364. The molecule has 1 fully saturated rings. The van der Waals surface area contributed by atoms with Crippen LogP contribution in [0.15, 0.2) is 29.3 Å². The predicted molar refractivity (Wildman–Crippen MR) is 64.7 cm³/mol. The molecule has 1 aromatic carbocycles. The predicted octanol–water partition coefficient (Wildman–Crippen LogP) is 1.74. The minimum absolute atomic E-state index is 0.356. The lowest BCUT2D eigenvalue weighted by Crippen LogP contribution is -2.35. The van der Waals surface area contributed by atoms with E-state index in [2.05, 4.69) is 10.4 Å². The van der Waals surface area contributed by atoms with Crippen molar-refractivity contribution in [2.45, 2.75) is 18.9 Å². The largest absolute Gasteiger partial charge is 0.486 e. The molecule has 0 aliphatic heterocycles. The van der Waals surface area contributed by atoms with Gasteiger partial charge in [-0.2, -0.15) is 0 Å². The van der Waals surface area contributed by atoms with Gasteiger partial charge in [-0.05, 0) is 37.1 Å². The number of hydrogen-bond donors (Lipinski definition) is 2. The Morgan fingerprint density at radius 2 is 2.12 bits per heavy atom. The smallest absolute Gasteiger partial charge is 0.149 e. The van der Waals surface area contributed by atoms with Crippen LogP contribution in [0.2, 0.25) is 5.02 Å². The third kappa shape index (κ3) is 3.40. The third-order valence-corrected chi connectivity index (χ3v) is 2.49. The Bertz CT molecular complexity index is 373. The van der Waals surface area contributed by atoms with Crippen LogP contribution in [0.1, 0.15) is 12.8 Å². The van der Waals surface area contributed by atoms with E-state index in [0.29, 0.717) is 23.5 Å². The summed E-state index contributed by atoms with van der Waals surface area (Å²) >= 11 is 5.77. The molecule has 5 heteroatoms. The highest BCUT2D eigenvalue weighted by Crippen LogP contribution is 2.23. The van der Waals surface area contributed by atoms with Crippen LogP contribution in [0.25, 0.3) is 0 Å². The van der Waals surface area contributed by atoms with Crippen LogP contribution in [-0.4, -0.2) is 18.5 Å². The van der Waals surface area contributed by atoms with Gasteiger partial charge in [0.25, 0.3) is 0 Å².